The van der Waals surface area contributed by atoms with Gasteiger partial charge in [0, 0.05) is 36.3 Å². The summed E-state index contributed by atoms with van der Waals surface area (Å²) < 4.78 is 49.8. The first-order chi connectivity index (χ1) is 26.7. The van der Waals surface area contributed by atoms with E-state index in [1.54, 1.807) is 31.3 Å². The van der Waals surface area contributed by atoms with E-state index < -0.39 is 17.8 Å². The van der Waals surface area contributed by atoms with Crippen LogP contribution < -0.4 is 14.4 Å². The Morgan fingerprint density at radius 3 is 2.53 bits per heavy atom. The standard InChI is InChI=1S/C44H45F2N5O4/c1-4-10-33-36(45)16-13-30-23-29(3)24-34(37(30)33)39-38(46)40-35(25-47-39)41(50-20-7-5-6-8-21-50)49-42(48-40)54-27-44-18-9-22-51(44)31(17-19-44)26-53-43(52)55-32-14-11-28(2)12-15-32/h11-16,23-25,31H,5-9,17-22,26-27H2,1-3H3/t31-,44-/m0/s1. The second-order valence-corrected chi connectivity index (χ2v) is 15.1. The van der Waals surface area contributed by atoms with E-state index in [9.17, 15) is 4.79 Å². The van der Waals surface area contributed by atoms with E-state index in [2.05, 4.69) is 26.6 Å². The lowest BCUT2D eigenvalue weighted by atomic mass is 9.94. The number of rotatable bonds is 8. The highest BCUT2D eigenvalue weighted by Crippen LogP contribution is 2.43. The number of fused-ring (bicyclic) bond motifs is 3. The Morgan fingerprint density at radius 1 is 0.945 bits per heavy atom. The Bertz CT molecular complexity index is 2320. The summed E-state index contributed by atoms with van der Waals surface area (Å²) in [6.45, 7) is 8.47. The molecule has 2 atom stereocenters. The SMILES string of the molecule is CC#Cc1c(F)ccc2cc(C)cc(-c3ncc4c(N5CCCCCC5)nc(OC[C@@]56CCCN5[C@H](COC(=O)Oc5ccc(C)cc5)CC6)nc4c3F)c12. The number of hydrogen-bond donors (Lipinski definition) is 0. The summed E-state index contributed by atoms with van der Waals surface area (Å²) in [6.07, 6.45) is 8.71. The van der Waals surface area contributed by atoms with Crippen LogP contribution in [0.25, 0.3) is 32.9 Å². The van der Waals surface area contributed by atoms with Crippen LogP contribution in [-0.4, -0.2) is 70.4 Å². The molecule has 3 aliphatic rings. The summed E-state index contributed by atoms with van der Waals surface area (Å²) in [6, 6.07) is 14.2. The third-order valence-electron chi connectivity index (χ3n) is 11.4. The molecule has 55 heavy (non-hydrogen) atoms. The summed E-state index contributed by atoms with van der Waals surface area (Å²) >= 11 is 0. The first-order valence-corrected chi connectivity index (χ1v) is 19.3. The van der Waals surface area contributed by atoms with Crippen molar-refractivity contribution in [1.29, 1.82) is 0 Å². The molecular weight excluding hydrogens is 701 g/mol. The summed E-state index contributed by atoms with van der Waals surface area (Å²) in [5, 5.41) is 1.76. The minimum atomic E-state index is -0.725. The molecule has 3 saturated heterocycles. The predicted molar refractivity (Wildman–Crippen MR) is 209 cm³/mol. The van der Waals surface area contributed by atoms with Crippen molar-refractivity contribution in [3.8, 4) is 34.9 Å². The maximum Gasteiger partial charge on any atom is 0.513 e. The molecule has 11 heteroatoms. The van der Waals surface area contributed by atoms with E-state index in [-0.39, 0.29) is 41.0 Å². The highest BCUT2D eigenvalue weighted by Gasteiger charge is 2.50. The molecule has 0 amide bonds. The molecular formula is C44H45F2N5O4. The number of carbonyl (C=O) groups excluding carboxylic acids is 1. The average molecular weight is 746 g/mol. The minimum absolute atomic E-state index is 0.0178. The van der Waals surface area contributed by atoms with Crippen molar-refractivity contribution in [3.05, 3.63) is 83.1 Å². The molecule has 3 aliphatic heterocycles. The molecule has 0 radical (unpaired) electrons. The number of aromatic nitrogens is 3. The molecule has 0 aliphatic carbocycles. The second-order valence-electron chi connectivity index (χ2n) is 15.1. The number of hydrogen-bond acceptors (Lipinski definition) is 9. The van der Waals surface area contributed by atoms with Crippen LogP contribution in [0.5, 0.6) is 11.8 Å². The van der Waals surface area contributed by atoms with Gasteiger partial charge in [-0.15, -0.1) is 5.92 Å². The van der Waals surface area contributed by atoms with Gasteiger partial charge >= 0.3 is 12.2 Å². The fourth-order valence-electron chi connectivity index (χ4n) is 8.71. The first-order valence-electron chi connectivity index (χ1n) is 19.3. The number of halogens is 2. The first kappa shape index (κ1) is 36.6. The number of ether oxygens (including phenoxy) is 3. The van der Waals surface area contributed by atoms with Gasteiger partial charge in [0.1, 0.15) is 41.8 Å². The quantitative estimate of drug-likeness (QED) is 0.0877. The van der Waals surface area contributed by atoms with Gasteiger partial charge in [0.15, 0.2) is 5.82 Å². The highest BCUT2D eigenvalue weighted by atomic mass is 19.1. The van der Waals surface area contributed by atoms with Gasteiger partial charge in [-0.2, -0.15) is 9.97 Å². The molecule has 5 aromatic rings. The van der Waals surface area contributed by atoms with Crippen LogP contribution in [-0.2, 0) is 4.74 Å². The number of nitrogens with zero attached hydrogens (tertiary/aromatic N) is 5. The molecule has 3 fully saturated rings. The Kier molecular flexibility index (Phi) is 10.3. The lowest BCUT2D eigenvalue weighted by Crippen LogP contribution is -2.48. The molecule has 3 aromatic carbocycles. The van der Waals surface area contributed by atoms with Crippen LogP contribution in [0.15, 0.2) is 54.7 Å². The lowest BCUT2D eigenvalue weighted by molar-refractivity contribution is 0.0419. The third kappa shape index (κ3) is 7.28. The molecule has 0 N–H and O–H groups in total. The predicted octanol–water partition coefficient (Wildman–Crippen LogP) is 9.08. The highest BCUT2D eigenvalue weighted by molar-refractivity contribution is 6.02. The van der Waals surface area contributed by atoms with E-state index in [0.29, 0.717) is 34.5 Å². The molecule has 8 rings (SSSR count). The van der Waals surface area contributed by atoms with Crippen molar-refractivity contribution in [2.75, 3.05) is 37.7 Å². The smallest absolute Gasteiger partial charge is 0.461 e. The Labute approximate surface area is 320 Å². The van der Waals surface area contributed by atoms with Gasteiger partial charge in [0.25, 0.3) is 0 Å². The van der Waals surface area contributed by atoms with Crippen molar-refractivity contribution in [2.24, 2.45) is 0 Å². The molecule has 0 bridgehead atoms. The maximum atomic E-state index is 17.1. The molecule has 0 spiro atoms. The van der Waals surface area contributed by atoms with Gasteiger partial charge < -0.3 is 19.1 Å². The van der Waals surface area contributed by atoms with Gasteiger partial charge in [-0.05, 0) is 101 Å². The minimum Gasteiger partial charge on any atom is -0.461 e. The van der Waals surface area contributed by atoms with Crippen molar-refractivity contribution in [1.82, 2.24) is 19.9 Å². The lowest BCUT2D eigenvalue weighted by Gasteiger charge is -2.34. The molecule has 284 valence electrons. The number of pyridine rings is 1. The van der Waals surface area contributed by atoms with Gasteiger partial charge in [-0.25, -0.2) is 13.6 Å². The van der Waals surface area contributed by atoms with Gasteiger partial charge in [0.05, 0.1) is 16.5 Å². The zero-order valence-corrected chi connectivity index (χ0v) is 31.6. The number of carbonyl (C=O) groups is 1. The zero-order chi connectivity index (χ0) is 38.1. The van der Waals surface area contributed by atoms with Crippen LogP contribution >= 0.6 is 0 Å². The maximum absolute atomic E-state index is 17.1. The Balaban J connectivity index is 1.10. The van der Waals surface area contributed by atoms with Crippen molar-refractivity contribution in [2.45, 2.75) is 83.7 Å². The monoisotopic (exact) mass is 745 g/mol. The summed E-state index contributed by atoms with van der Waals surface area (Å²) in [5.41, 5.74) is 2.49. The molecule has 0 saturated carbocycles. The molecule has 5 heterocycles. The fourth-order valence-corrected chi connectivity index (χ4v) is 8.71. The van der Waals surface area contributed by atoms with Crippen molar-refractivity contribution >= 4 is 33.6 Å². The van der Waals surface area contributed by atoms with E-state index in [1.165, 1.54) is 6.07 Å². The summed E-state index contributed by atoms with van der Waals surface area (Å²) in [5.74, 6) is 5.66. The Hall–Kier alpha value is -5.34. The van der Waals surface area contributed by atoms with E-state index >= 15 is 8.78 Å². The second kappa shape index (κ2) is 15.4. The van der Waals surface area contributed by atoms with Gasteiger partial charge in [-0.1, -0.05) is 48.6 Å². The van der Waals surface area contributed by atoms with E-state index in [1.807, 2.05) is 38.1 Å². The Morgan fingerprint density at radius 2 is 1.75 bits per heavy atom. The number of benzene rings is 3. The third-order valence-corrected chi connectivity index (χ3v) is 11.4. The fraction of sp³-hybridized carbons (Fsp3) is 0.409. The molecule has 0 unspecified atom stereocenters. The summed E-state index contributed by atoms with van der Waals surface area (Å²) in [4.78, 5) is 31.5. The topological polar surface area (TPSA) is 89.9 Å². The van der Waals surface area contributed by atoms with E-state index in [0.717, 1.165) is 87.5 Å². The van der Waals surface area contributed by atoms with Crippen LogP contribution in [0.1, 0.15) is 75.0 Å². The average Bonchev–Trinajstić information content (AvgIpc) is 3.62. The van der Waals surface area contributed by atoms with Crippen molar-refractivity contribution in [3.63, 3.8) is 0 Å². The zero-order valence-electron chi connectivity index (χ0n) is 31.6. The number of anilines is 1. The van der Waals surface area contributed by atoms with Crippen LogP contribution in [0.4, 0.5) is 19.4 Å². The van der Waals surface area contributed by atoms with Crippen LogP contribution in [0.2, 0.25) is 0 Å². The number of aryl methyl sites for hydroxylation is 2. The normalized spacial score (nSPS) is 19.9. The van der Waals surface area contributed by atoms with E-state index in [4.69, 9.17) is 24.2 Å². The van der Waals surface area contributed by atoms with Crippen LogP contribution in [0.3, 0.4) is 0 Å². The molecule has 2 aromatic heterocycles. The largest absolute Gasteiger partial charge is 0.513 e. The van der Waals surface area contributed by atoms with Gasteiger partial charge in [0.2, 0.25) is 0 Å². The summed E-state index contributed by atoms with van der Waals surface area (Å²) in [7, 11) is 0. The van der Waals surface area contributed by atoms with Gasteiger partial charge in [-0.3, -0.25) is 9.88 Å². The van der Waals surface area contributed by atoms with Crippen LogP contribution in [0, 0.1) is 37.3 Å². The van der Waals surface area contributed by atoms with Crippen molar-refractivity contribution < 1.29 is 27.8 Å². The molecule has 9 nitrogen and oxygen atoms in total.